The molecule has 0 spiro atoms. The minimum absolute atomic E-state index is 0.405. The minimum atomic E-state index is -0.405. The highest BCUT2D eigenvalue weighted by Crippen LogP contribution is 1.80. The van der Waals surface area contributed by atoms with Gasteiger partial charge in [-0.2, -0.15) is 0 Å². The first kappa shape index (κ1) is 6.24. The van der Waals surface area contributed by atoms with E-state index in [0.29, 0.717) is 0 Å². The molecule has 0 saturated carbocycles. The Hall–Kier alpha value is -0.760. The van der Waals surface area contributed by atoms with Crippen LogP contribution in [0, 0.1) is 0 Å². The molecule has 0 amide bonds. The average molecular weight is 99.1 g/mol. The van der Waals surface area contributed by atoms with Crippen LogP contribution in [0.15, 0.2) is 25.5 Å². The molecule has 0 aliphatic heterocycles. The van der Waals surface area contributed by atoms with Gasteiger partial charge in [0, 0.05) is 0 Å². The fourth-order valence-corrected chi connectivity index (χ4v) is 0.167. The fourth-order valence-electron chi connectivity index (χ4n) is 0.167. The van der Waals surface area contributed by atoms with Gasteiger partial charge in [-0.3, -0.25) is 5.73 Å². The van der Waals surface area contributed by atoms with Gasteiger partial charge < -0.3 is 4.74 Å². The Morgan fingerprint density at radius 1 is 1.57 bits per heavy atom. The van der Waals surface area contributed by atoms with E-state index in [1.54, 1.807) is 0 Å². The van der Waals surface area contributed by atoms with Crippen LogP contribution in [0.4, 0.5) is 0 Å². The van der Waals surface area contributed by atoms with Crippen molar-refractivity contribution in [3.05, 3.63) is 25.5 Å². The van der Waals surface area contributed by atoms with Crippen molar-refractivity contribution in [3.63, 3.8) is 0 Å². The number of ether oxygens (including phenoxy) is 1. The Balaban J connectivity index is 3.15. The summed E-state index contributed by atoms with van der Waals surface area (Å²) in [6.07, 6.45) is 2.37. The van der Waals surface area contributed by atoms with E-state index in [1.807, 2.05) is 0 Å². The summed E-state index contributed by atoms with van der Waals surface area (Å²) in [4.78, 5) is 0. The van der Waals surface area contributed by atoms with E-state index in [0.717, 1.165) is 0 Å². The van der Waals surface area contributed by atoms with Crippen molar-refractivity contribution in [3.8, 4) is 0 Å². The lowest BCUT2D eigenvalue weighted by Crippen LogP contribution is -2.17. The largest absolute Gasteiger partial charge is 0.480 e. The average Bonchev–Trinajstić information content (AvgIpc) is 1.68. The van der Waals surface area contributed by atoms with E-state index in [2.05, 4.69) is 17.9 Å². The van der Waals surface area contributed by atoms with Gasteiger partial charge in [0.2, 0.25) is 0 Å². The maximum atomic E-state index is 5.17. The molecule has 2 N–H and O–H groups in total. The van der Waals surface area contributed by atoms with Gasteiger partial charge in [0.15, 0.2) is 6.23 Å². The molecular formula is C5H9NO. The molecule has 0 aromatic rings. The molecule has 7 heavy (non-hydrogen) atoms. The molecule has 0 fully saturated rings. The van der Waals surface area contributed by atoms with E-state index in [1.165, 1.54) is 12.3 Å². The molecule has 0 unspecified atom stereocenters. The lowest BCUT2D eigenvalue weighted by atomic mass is 10.6. The third kappa shape index (κ3) is 3.06. The second kappa shape index (κ2) is 3.43. The highest BCUT2D eigenvalue weighted by Gasteiger charge is 1.85. The van der Waals surface area contributed by atoms with E-state index in [4.69, 9.17) is 5.73 Å². The van der Waals surface area contributed by atoms with Gasteiger partial charge in [0.05, 0.1) is 6.26 Å². The molecule has 0 rings (SSSR count). The first-order valence-electron chi connectivity index (χ1n) is 1.95. The van der Waals surface area contributed by atoms with Gasteiger partial charge in [0.1, 0.15) is 0 Å². The summed E-state index contributed by atoms with van der Waals surface area (Å²) in [6.45, 7) is 6.68. The van der Waals surface area contributed by atoms with Crippen molar-refractivity contribution >= 4 is 0 Å². The number of rotatable bonds is 3. The molecule has 2 nitrogen and oxygen atoms in total. The smallest absolute Gasteiger partial charge is 0.165 e. The third-order valence-electron chi connectivity index (χ3n) is 0.486. The van der Waals surface area contributed by atoms with Crippen molar-refractivity contribution in [2.75, 3.05) is 0 Å². The van der Waals surface area contributed by atoms with E-state index < -0.39 is 6.23 Å². The predicted octanol–water partition coefficient (Wildman–Crippen LogP) is 0.617. The topological polar surface area (TPSA) is 35.2 Å². The summed E-state index contributed by atoms with van der Waals surface area (Å²) in [5.74, 6) is 0. The van der Waals surface area contributed by atoms with E-state index >= 15 is 0 Å². The molecule has 0 heterocycles. The second-order valence-electron chi connectivity index (χ2n) is 1.00. The molecule has 0 aliphatic carbocycles. The zero-order chi connectivity index (χ0) is 5.70. The summed E-state index contributed by atoms with van der Waals surface area (Å²) in [5, 5.41) is 0. The Morgan fingerprint density at radius 3 is 2.29 bits per heavy atom. The van der Waals surface area contributed by atoms with E-state index in [9.17, 15) is 0 Å². The van der Waals surface area contributed by atoms with Crippen LogP contribution in [0.25, 0.3) is 0 Å². The summed E-state index contributed by atoms with van der Waals surface area (Å²) >= 11 is 0. The standard InChI is InChI=1S/C5H9NO/c1-3-5(6)7-4-2/h3-5H,1-2,6H2/t5-/m1/s1. The molecule has 0 radical (unpaired) electrons. The SMILES string of the molecule is C=CO[C@@H](N)C=C. The van der Waals surface area contributed by atoms with Crippen LogP contribution >= 0.6 is 0 Å². The second-order valence-corrected chi connectivity index (χ2v) is 1.00. The summed E-state index contributed by atoms with van der Waals surface area (Å²) < 4.78 is 4.61. The molecule has 1 atom stereocenters. The summed E-state index contributed by atoms with van der Waals surface area (Å²) in [5.41, 5.74) is 5.17. The maximum Gasteiger partial charge on any atom is 0.165 e. The fraction of sp³-hybridized carbons (Fsp3) is 0.200. The van der Waals surface area contributed by atoms with Crippen molar-refractivity contribution in [2.24, 2.45) is 5.73 Å². The van der Waals surface area contributed by atoms with Crippen LogP contribution in [0.2, 0.25) is 0 Å². The zero-order valence-corrected chi connectivity index (χ0v) is 4.13. The first-order chi connectivity index (χ1) is 3.31. The molecule has 40 valence electrons. The number of hydrogen-bond donors (Lipinski definition) is 1. The van der Waals surface area contributed by atoms with Crippen LogP contribution in [-0.4, -0.2) is 6.23 Å². The van der Waals surface area contributed by atoms with Gasteiger partial charge in [-0.05, 0) is 6.08 Å². The summed E-state index contributed by atoms with van der Waals surface area (Å²) in [6, 6.07) is 0. The maximum absolute atomic E-state index is 5.17. The molecule has 2 heteroatoms. The van der Waals surface area contributed by atoms with E-state index in [-0.39, 0.29) is 0 Å². The third-order valence-corrected chi connectivity index (χ3v) is 0.486. The number of hydrogen-bond acceptors (Lipinski definition) is 2. The lowest BCUT2D eigenvalue weighted by Gasteiger charge is -2.01. The quantitative estimate of drug-likeness (QED) is 0.320. The normalized spacial score (nSPS) is 12.1. The Bertz CT molecular complexity index is 70.5. The van der Waals surface area contributed by atoms with Gasteiger partial charge in [-0.1, -0.05) is 13.2 Å². The van der Waals surface area contributed by atoms with Gasteiger partial charge in [-0.15, -0.1) is 0 Å². The number of nitrogens with two attached hydrogens (primary N) is 1. The van der Waals surface area contributed by atoms with Crippen LogP contribution in [-0.2, 0) is 4.74 Å². The van der Waals surface area contributed by atoms with Crippen molar-refractivity contribution in [1.82, 2.24) is 0 Å². The summed E-state index contributed by atoms with van der Waals surface area (Å²) in [7, 11) is 0. The van der Waals surface area contributed by atoms with Crippen molar-refractivity contribution in [1.29, 1.82) is 0 Å². The van der Waals surface area contributed by atoms with Gasteiger partial charge in [0.25, 0.3) is 0 Å². The Labute approximate surface area is 43.3 Å². The van der Waals surface area contributed by atoms with Crippen LogP contribution in [0.3, 0.4) is 0 Å². The van der Waals surface area contributed by atoms with Crippen molar-refractivity contribution in [2.45, 2.75) is 6.23 Å². The monoisotopic (exact) mass is 99.1 g/mol. The molecule has 0 aromatic carbocycles. The minimum Gasteiger partial charge on any atom is -0.480 e. The Morgan fingerprint density at radius 2 is 2.14 bits per heavy atom. The molecule has 0 saturated heterocycles. The molecular weight excluding hydrogens is 90.1 g/mol. The molecule has 0 aromatic heterocycles. The lowest BCUT2D eigenvalue weighted by molar-refractivity contribution is 0.195. The first-order valence-corrected chi connectivity index (χ1v) is 1.95. The highest BCUT2D eigenvalue weighted by molar-refractivity contribution is 4.75. The van der Waals surface area contributed by atoms with Crippen LogP contribution in [0.5, 0.6) is 0 Å². The van der Waals surface area contributed by atoms with Gasteiger partial charge in [-0.25, -0.2) is 0 Å². The van der Waals surface area contributed by atoms with Gasteiger partial charge >= 0.3 is 0 Å². The van der Waals surface area contributed by atoms with Crippen LogP contribution in [0.1, 0.15) is 0 Å². The Kier molecular flexibility index (Phi) is 3.06. The molecule has 0 aliphatic rings. The van der Waals surface area contributed by atoms with Crippen molar-refractivity contribution < 1.29 is 4.74 Å². The highest BCUT2D eigenvalue weighted by atomic mass is 16.5. The zero-order valence-electron chi connectivity index (χ0n) is 4.13. The van der Waals surface area contributed by atoms with Crippen LogP contribution < -0.4 is 5.73 Å². The predicted molar refractivity (Wildman–Crippen MR) is 29.5 cm³/mol. The molecule has 0 bridgehead atoms.